The van der Waals surface area contributed by atoms with Gasteiger partial charge < -0.3 is 9.84 Å². The van der Waals surface area contributed by atoms with Gasteiger partial charge in [-0.05, 0) is 31.2 Å². The first-order valence-corrected chi connectivity index (χ1v) is 8.29. The van der Waals surface area contributed by atoms with E-state index >= 15 is 0 Å². The highest BCUT2D eigenvalue weighted by Gasteiger charge is 2.14. The molecule has 4 aromatic rings. The number of aromatic nitrogens is 5. The van der Waals surface area contributed by atoms with E-state index in [0.29, 0.717) is 17.2 Å². The predicted molar refractivity (Wildman–Crippen MR) is 94.4 cm³/mol. The van der Waals surface area contributed by atoms with Gasteiger partial charge in [0.1, 0.15) is 11.6 Å². The molecule has 27 heavy (non-hydrogen) atoms. The van der Waals surface area contributed by atoms with Gasteiger partial charge in [0.2, 0.25) is 17.6 Å². The normalized spacial score (nSPS) is 11.0. The van der Waals surface area contributed by atoms with Crippen LogP contribution in [-0.2, 0) is 11.2 Å². The Bertz CT molecular complexity index is 1120. The largest absolute Gasteiger partial charge is 0.339 e. The summed E-state index contributed by atoms with van der Waals surface area (Å²) < 4.78 is 20.5. The van der Waals surface area contributed by atoms with Gasteiger partial charge in [0.15, 0.2) is 5.65 Å². The molecular formula is C18H15FN6O2. The molecule has 0 saturated carbocycles. The van der Waals surface area contributed by atoms with Crippen LogP contribution in [0.25, 0.3) is 17.0 Å². The highest BCUT2D eigenvalue weighted by atomic mass is 19.1. The number of amides is 1. The molecule has 1 amide bonds. The average Bonchev–Trinajstić information content (AvgIpc) is 3.27. The number of carbonyl (C=O) groups excluding carboxylic acids is 1. The Morgan fingerprint density at radius 3 is 2.93 bits per heavy atom. The third kappa shape index (κ3) is 3.52. The van der Waals surface area contributed by atoms with Crippen molar-refractivity contribution in [2.45, 2.75) is 19.8 Å². The second kappa shape index (κ2) is 6.94. The number of benzene rings is 1. The number of halogens is 1. The quantitative estimate of drug-likeness (QED) is 0.583. The van der Waals surface area contributed by atoms with Crippen molar-refractivity contribution in [3.05, 3.63) is 60.1 Å². The van der Waals surface area contributed by atoms with Gasteiger partial charge in [-0.3, -0.25) is 4.79 Å². The fourth-order valence-electron chi connectivity index (χ4n) is 2.65. The van der Waals surface area contributed by atoms with Crippen molar-refractivity contribution < 1.29 is 13.7 Å². The van der Waals surface area contributed by atoms with Crippen molar-refractivity contribution in [3.63, 3.8) is 0 Å². The van der Waals surface area contributed by atoms with Gasteiger partial charge in [0.05, 0.1) is 11.3 Å². The average molecular weight is 366 g/mol. The maximum atomic E-state index is 13.8. The van der Waals surface area contributed by atoms with E-state index in [4.69, 9.17) is 4.52 Å². The number of pyridine rings is 1. The van der Waals surface area contributed by atoms with E-state index in [1.807, 2.05) is 0 Å². The lowest BCUT2D eigenvalue weighted by atomic mass is 10.2. The zero-order valence-corrected chi connectivity index (χ0v) is 14.4. The van der Waals surface area contributed by atoms with Gasteiger partial charge in [-0.2, -0.15) is 10.1 Å². The van der Waals surface area contributed by atoms with Crippen LogP contribution in [0.5, 0.6) is 0 Å². The maximum Gasteiger partial charge on any atom is 0.227 e. The summed E-state index contributed by atoms with van der Waals surface area (Å²) in [5.41, 5.74) is 1.40. The molecule has 0 unspecified atom stereocenters. The van der Waals surface area contributed by atoms with Crippen LogP contribution >= 0.6 is 0 Å². The molecule has 0 radical (unpaired) electrons. The molecule has 0 spiro atoms. The number of nitrogens with one attached hydrogen (secondary N) is 1. The molecule has 3 heterocycles. The van der Waals surface area contributed by atoms with E-state index in [9.17, 15) is 9.18 Å². The first-order valence-electron chi connectivity index (χ1n) is 8.29. The first kappa shape index (κ1) is 16.8. The van der Waals surface area contributed by atoms with Gasteiger partial charge in [-0.1, -0.05) is 17.3 Å². The Hall–Kier alpha value is -3.62. The Balaban J connectivity index is 1.42. The number of carbonyl (C=O) groups is 1. The summed E-state index contributed by atoms with van der Waals surface area (Å²) in [5, 5.41) is 10.8. The second-order valence-electron chi connectivity index (χ2n) is 5.89. The fourth-order valence-corrected chi connectivity index (χ4v) is 2.65. The molecule has 1 aromatic carbocycles. The van der Waals surface area contributed by atoms with Crippen molar-refractivity contribution in [3.8, 4) is 11.4 Å². The number of anilines is 1. The first-order chi connectivity index (χ1) is 13.1. The van der Waals surface area contributed by atoms with Crippen LogP contribution in [0.15, 0.2) is 47.1 Å². The lowest BCUT2D eigenvalue weighted by molar-refractivity contribution is -0.116. The molecular weight excluding hydrogens is 351 g/mol. The zero-order chi connectivity index (χ0) is 18.8. The van der Waals surface area contributed by atoms with Gasteiger partial charge in [0.25, 0.3) is 0 Å². The van der Waals surface area contributed by atoms with Crippen LogP contribution in [-0.4, -0.2) is 30.6 Å². The summed E-state index contributed by atoms with van der Waals surface area (Å²) >= 11 is 0. The minimum absolute atomic E-state index is 0.132. The maximum absolute atomic E-state index is 13.8. The van der Waals surface area contributed by atoms with Crippen LogP contribution < -0.4 is 5.32 Å². The van der Waals surface area contributed by atoms with Crippen molar-refractivity contribution in [2.24, 2.45) is 0 Å². The third-order valence-corrected chi connectivity index (χ3v) is 3.89. The molecule has 0 bridgehead atoms. The molecule has 0 aliphatic heterocycles. The second-order valence-corrected chi connectivity index (χ2v) is 5.89. The van der Waals surface area contributed by atoms with Crippen LogP contribution in [0.3, 0.4) is 0 Å². The lowest BCUT2D eigenvalue weighted by Crippen LogP contribution is -2.13. The van der Waals surface area contributed by atoms with Gasteiger partial charge >= 0.3 is 0 Å². The molecule has 9 heteroatoms. The molecule has 0 aliphatic carbocycles. The zero-order valence-electron chi connectivity index (χ0n) is 14.4. The SMILES string of the molecule is Cc1nc2c(NC(=O)CCc3nc(-c4ccccc4F)no3)cccn2n1. The van der Waals surface area contributed by atoms with Crippen molar-refractivity contribution in [1.29, 1.82) is 0 Å². The highest BCUT2D eigenvalue weighted by molar-refractivity contribution is 5.94. The minimum Gasteiger partial charge on any atom is -0.339 e. The molecule has 1 N–H and O–H groups in total. The van der Waals surface area contributed by atoms with E-state index in [0.717, 1.165) is 0 Å². The molecule has 0 atom stereocenters. The molecule has 8 nitrogen and oxygen atoms in total. The summed E-state index contributed by atoms with van der Waals surface area (Å²) in [6, 6.07) is 9.69. The molecule has 4 rings (SSSR count). The predicted octanol–water partition coefficient (Wildman–Crippen LogP) is 2.80. The highest BCUT2D eigenvalue weighted by Crippen LogP contribution is 2.20. The van der Waals surface area contributed by atoms with Crippen molar-refractivity contribution >= 4 is 17.2 Å². The molecule has 0 saturated heterocycles. The van der Waals surface area contributed by atoms with Crippen LogP contribution in [0, 0.1) is 12.7 Å². The fraction of sp³-hybridized carbons (Fsp3) is 0.167. The molecule has 0 fully saturated rings. The Morgan fingerprint density at radius 2 is 2.07 bits per heavy atom. The number of rotatable bonds is 5. The summed E-state index contributed by atoms with van der Waals surface area (Å²) in [6.07, 6.45) is 2.13. The summed E-state index contributed by atoms with van der Waals surface area (Å²) in [5.74, 6) is 0.379. The number of nitrogens with zero attached hydrogens (tertiary/aromatic N) is 5. The van der Waals surface area contributed by atoms with E-state index in [2.05, 4.69) is 25.5 Å². The van der Waals surface area contributed by atoms with Gasteiger partial charge in [-0.25, -0.2) is 13.9 Å². The number of hydrogen-bond donors (Lipinski definition) is 1. The Morgan fingerprint density at radius 1 is 1.22 bits per heavy atom. The van der Waals surface area contributed by atoms with Crippen molar-refractivity contribution in [2.75, 3.05) is 5.32 Å². The molecule has 136 valence electrons. The van der Waals surface area contributed by atoms with Gasteiger partial charge in [0, 0.05) is 19.0 Å². The summed E-state index contributed by atoms with van der Waals surface area (Å²) in [7, 11) is 0. The van der Waals surface area contributed by atoms with Crippen LogP contribution in [0.4, 0.5) is 10.1 Å². The lowest BCUT2D eigenvalue weighted by Gasteiger charge is -2.04. The standard InChI is InChI=1S/C18H15FN6O2/c1-11-20-18-14(7-4-10-25(18)23-11)21-15(26)8-9-16-22-17(24-27-16)12-5-2-3-6-13(12)19/h2-7,10H,8-9H2,1H3,(H,21,26). The minimum atomic E-state index is -0.431. The Labute approximate surface area is 153 Å². The summed E-state index contributed by atoms with van der Waals surface area (Å²) in [4.78, 5) is 20.7. The van der Waals surface area contributed by atoms with Crippen molar-refractivity contribution in [1.82, 2.24) is 24.7 Å². The Kier molecular flexibility index (Phi) is 4.33. The third-order valence-electron chi connectivity index (χ3n) is 3.89. The van der Waals surface area contributed by atoms with Crippen LogP contribution in [0.2, 0.25) is 0 Å². The molecule has 3 aromatic heterocycles. The van der Waals surface area contributed by atoms with E-state index in [-0.39, 0.29) is 36.0 Å². The van der Waals surface area contributed by atoms with E-state index in [1.54, 1.807) is 48.0 Å². The van der Waals surface area contributed by atoms with E-state index < -0.39 is 5.82 Å². The van der Waals surface area contributed by atoms with Crippen LogP contribution in [0.1, 0.15) is 18.1 Å². The topological polar surface area (TPSA) is 98.2 Å². The number of fused-ring (bicyclic) bond motifs is 1. The summed E-state index contributed by atoms with van der Waals surface area (Å²) in [6.45, 7) is 1.78. The smallest absolute Gasteiger partial charge is 0.227 e. The number of aryl methyl sites for hydroxylation is 2. The van der Waals surface area contributed by atoms with E-state index in [1.165, 1.54) is 6.07 Å². The monoisotopic (exact) mass is 366 g/mol. The van der Waals surface area contributed by atoms with Gasteiger partial charge in [-0.15, -0.1) is 0 Å². The molecule has 0 aliphatic rings. The number of hydrogen-bond acceptors (Lipinski definition) is 6.